The molecule has 0 aromatic carbocycles. The smallest absolute Gasteiger partial charge is 0.255 e. The first-order valence-corrected chi connectivity index (χ1v) is 5.84. The van der Waals surface area contributed by atoms with Crippen molar-refractivity contribution in [2.45, 2.75) is 32.3 Å². The van der Waals surface area contributed by atoms with Crippen molar-refractivity contribution in [1.29, 1.82) is 0 Å². The van der Waals surface area contributed by atoms with Crippen molar-refractivity contribution < 1.29 is 9.63 Å². The molecule has 5 nitrogen and oxygen atoms in total. The van der Waals surface area contributed by atoms with E-state index in [0.717, 1.165) is 18.8 Å². The summed E-state index contributed by atoms with van der Waals surface area (Å²) >= 11 is 0. The number of hydrogen-bond acceptors (Lipinski definition) is 5. The van der Waals surface area contributed by atoms with Crippen LogP contribution in [0.5, 0.6) is 0 Å². The zero-order valence-electron chi connectivity index (χ0n) is 9.89. The van der Waals surface area contributed by atoms with E-state index in [1.165, 1.54) is 19.4 Å². The second-order valence-electron chi connectivity index (χ2n) is 4.70. The lowest BCUT2D eigenvalue weighted by atomic mass is 9.95. The fourth-order valence-electron chi connectivity index (χ4n) is 2.22. The molecule has 0 bridgehead atoms. The van der Waals surface area contributed by atoms with Crippen molar-refractivity contribution in [2.24, 2.45) is 5.92 Å². The maximum Gasteiger partial charge on any atom is 0.255 e. The molecule has 1 fully saturated rings. The van der Waals surface area contributed by atoms with E-state index in [1.54, 1.807) is 6.92 Å². The van der Waals surface area contributed by atoms with Crippen molar-refractivity contribution in [1.82, 2.24) is 15.0 Å². The molecule has 0 amide bonds. The molecule has 16 heavy (non-hydrogen) atoms. The molecule has 1 aliphatic heterocycles. The topological polar surface area (TPSA) is 62.4 Å². The van der Waals surface area contributed by atoms with Gasteiger partial charge in [-0.15, -0.1) is 0 Å². The van der Waals surface area contributed by atoms with Crippen LogP contribution in [0.3, 0.4) is 0 Å². The first-order valence-electron chi connectivity index (χ1n) is 5.84. The van der Waals surface area contributed by atoms with Gasteiger partial charge in [-0.05, 0) is 39.3 Å². The van der Waals surface area contributed by atoms with Gasteiger partial charge in [-0.3, -0.25) is 0 Å². The molecule has 1 aliphatic rings. The molecule has 1 aromatic heterocycles. The molecule has 2 unspecified atom stereocenters. The van der Waals surface area contributed by atoms with Crippen LogP contribution in [-0.4, -0.2) is 40.3 Å². The highest BCUT2D eigenvalue weighted by molar-refractivity contribution is 4.91. The second kappa shape index (κ2) is 4.93. The minimum absolute atomic E-state index is 0.319. The number of aliphatic hydroxyl groups excluding tert-OH is 1. The van der Waals surface area contributed by atoms with Crippen LogP contribution in [0.1, 0.15) is 37.6 Å². The minimum atomic E-state index is -0.671. The Morgan fingerprint density at radius 1 is 1.62 bits per heavy atom. The Hall–Kier alpha value is -0.940. The molecular weight excluding hydrogens is 206 g/mol. The molecule has 1 aromatic rings. The molecule has 90 valence electrons. The van der Waals surface area contributed by atoms with Crippen LogP contribution in [0, 0.1) is 5.92 Å². The van der Waals surface area contributed by atoms with Gasteiger partial charge in [0.2, 0.25) is 0 Å². The van der Waals surface area contributed by atoms with Crippen molar-refractivity contribution in [2.75, 3.05) is 20.1 Å². The summed E-state index contributed by atoms with van der Waals surface area (Å²) in [5.74, 6) is 1.65. The number of aromatic nitrogens is 2. The molecule has 1 saturated heterocycles. The molecule has 5 heteroatoms. The molecule has 0 saturated carbocycles. The average molecular weight is 225 g/mol. The van der Waals surface area contributed by atoms with Crippen LogP contribution in [0.2, 0.25) is 0 Å². The maximum atomic E-state index is 9.28. The largest absolute Gasteiger partial charge is 0.384 e. The first kappa shape index (κ1) is 11.5. The quantitative estimate of drug-likeness (QED) is 0.831. The Morgan fingerprint density at radius 2 is 2.44 bits per heavy atom. The van der Waals surface area contributed by atoms with Crippen molar-refractivity contribution in [3.8, 4) is 0 Å². The van der Waals surface area contributed by atoms with Gasteiger partial charge in [-0.2, -0.15) is 4.98 Å². The lowest BCUT2D eigenvalue weighted by Crippen LogP contribution is -2.33. The number of likely N-dealkylation sites (tertiary alicyclic amines) is 1. The summed E-state index contributed by atoms with van der Waals surface area (Å²) in [6, 6.07) is 0. The summed E-state index contributed by atoms with van der Waals surface area (Å²) in [5.41, 5.74) is 0. The third kappa shape index (κ3) is 2.80. The first-order chi connectivity index (χ1) is 7.65. The maximum absolute atomic E-state index is 9.28. The van der Waals surface area contributed by atoms with Crippen LogP contribution < -0.4 is 0 Å². The van der Waals surface area contributed by atoms with Gasteiger partial charge >= 0.3 is 0 Å². The highest BCUT2D eigenvalue weighted by Gasteiger charge is 2.20. The summed E-state index contributed by atoms with van der Waals surface area (Å²) in [6.07, 6.45) is 2.64. The van der Waals surface area contributed by atoms with Gasteiger partial charge in [-0.25, -0.2) is 0 Å². The van der Waals surface area contributed by atoms with Crippen LogP contribution in [0.25, 0.3) is 0 Å². The SMILES string of the molecule is CC(O)c1nc(CC2CCCN(C)C2)no1. The van der Waals surface area contributed by atoms with Gasteiger partial charge in [0.05, 0.1) is 0 Å². The fraction of sp³-hybridized carbons (Fsp3) is 0.818. The van der Waals surface area contributed by atoms with Crippen molar-refractivity contribution >= 4 is 0 Å². The number of rotatable bonds is 3. The molecular formula is C11H19N3O2. The predicted molar refractivity (Wildman–Crippen MR) is 58.9 cm³/mol. The van der Waals surface area contributed by atoms with E-state index in [-0.39, 0.29) is 0 Å². The van der Waals surface area contributed by atoms with E-state index >= 15 is 0 Å². The lowest BCUT2D eigenvalue weighted by molar-refractivity contribution is 0.151. The Morgan fingerprint density at radius 3 is 3.06 bits per heavy atom. The summed E-state index contributed by atoms with van der Waals surface area (Å²) in [4.78, 5) is 6.52. The average Bonchev–Trinajstić information content (AvgIpc) is 2.66. The Labute approximate surface area is 95.4 Å². The van der Waals surface area contributed by atoms with E-state index in [1.807, 2.05) is 0 Å². The molecule has 0 spiro atoms. The summed E-state index contributed by atoms with van der Waals surface area (Å²) in [7, 11) is 2.14. The van der Waals surface area contributed by atoms with E-state index in [4.69, 9.17) is 4.52 Å². The Kier molecular flexibility index (Phi) is 3.56. The van der Waals surface area contributed by atoms with Gasteiger partial charge in [0, 0.05) is 13.0 Å². The normalized spacial score (nSPS) is 24.6. The molecule has 2 heterocycles. The molecule has 0 radical (unpaired) electrons. The highest BCUT2D eigenvalue weighted by Crippen LogP contribution is 2.19. The summed E-state index contributed by atoms with van der Waals surface area (Å²) < 4.78 is 4.97. The fourth-order valence-corrected chi connectivity index (χ4v) is 2.22. The van der Waals surface area contributed by atoms with Gasteiger partial charge < -0.3 is 14.5 Å². The highest BCUT2D eigenvalue weighted by atomic mass is 16.5. The van der Waals surface area contributed by atoms with Gasteiger partial charge in [0.15, 0.2) is 5.82 Å². The van der Waals surface area contributed by atoms with E-state index in [0.29, 0.717) is 11.8 Å². The van der Waals surface area contributed by atoms with Gasteiger partial charge in [0.1, 0.15) is 6.10 Å². The van der Waals surface area contributed by atoms with E-state index < -0.39 is 6.10 Å². The van der Waals surface area contributed by atoms with Crippen LogP contribution in [0.15, 0.2) is 4.52 Å². The standard InChI is InChI=1S/C11H19N3O2/c1-8(15)11-12-10(13-16-11)6-9-4-3-5-14(2)7-9/h8-9,15H,3-7H2,1-2H3. The van der Waals surface area contributed by atoms with Crippen molar-refractivity contribution in [3.05, 3.63) is 11.7 Å². The third-order valence-electron chi connectivity index (χ3n) is 3.03. The summed E-state index contributed by atoms with van der Waals surface area (Å²) in [5, 5.41) is 13.2. The minimum Gasteiger partial charge on any atom is -0.384 e. The number of aliphatic hydroxyl groups is 1. The van der Waals surface area contributed by atoms with Gasteiger partial charge in [-0.1, -0.05) is 5.16 Å². The molecule has 2 atom stereocenters. The number of hydrogen-bond donors (Lipinski definition) is 1. The second-order valence-corrected chi connectivity index (χ2v) is 4.70. The molecule has 0 aliphatic carbocycles. The van der Waals surface area contributed by atoms with Crippen LogP contribution in [-0.2, 0) is 6.42 Å². The number of piperidine rings is 1. The monoisotopic (exact) mass is 225 g/mol. The lowest BCUT2D eigenvalue weighted by Gasteiger charge is -2.28. The Bertz CT molecular complexity index is 338. The van der Waals surface area contributed by atoms with E-state index in [9.17, 15) is 5.11 Å². The summed E-state index contributed by atoms with van der Waals surface area (Å²) in [6.45, 7) is 3.91. The number of nitrogens with zero attached hydrogens (tertiary/aromatic N) is 3. The Balaban J connectivity index is 1.92. The molecule has 1 N–H and O–H groups in total. The molecule has 2 rings (SSSR count). The van der Waals surface area contributed by atoms with Crippen LogP contribution in [0.4, 0.5) is 0 Å². The van der Waals surface area contributed by atoms with Gasteiger partial charge in [0.25, 0.3) is 5.89 Å². The third-order valence-corrected chi connectivity index (χ3v) is 3.03. The zero-order valence-corrected chi connectivity index (χ0v) is 9.89. The van der Waals surface area contributed by atoms with Crippen molar-refractivity contribution in [3.63, 3.8) is 0 Å². The van der Waals surface area contributed by atoms with E-state index in [2.05, 4.69) is 22.1 Å². The van der Waals surface area contributed by atoms with Crippen LogP contribution >= 0.6 is 0 Å². The zero-order chi connectivity index (χ0) is 11.5. The predicted octanol–water partition coefficient (Wildman–Crippen LogP) is 1.01.